The van der Waals surface area contributed by atoms with E-state index in [1.165, 1.54) is 122 Å². The summed E-state index contributed by atoms with van der Waals surface area (Å²) < 4.78 is 67.9. The minimum absolute atomic E-state index is 0.102. The Kier molecular flexibility index (Phi) is 55.2. The van der Waals surface area contributed by atoms with Crippen LogP contribution in [0, 0.1) is 11.8 Å². The zero-order chi connectivity index (χ0) is 61.5. The fourth-order valence-electron chi connectivity index (χ4n) is 9.53. The highest BCUT2D eigenvalue weighted by Crippen LogP contribution is 2.45. The maximum Gasteiger partial charge on any atom is 0.472 e. The lowest BCUT2D eigenvalue weighted by Crippen LogP contribution is -2.30. The van der Waals surface area contributed by atoms with Gasteiger partial charge in [-0.3, -0.25) is 37.3 Å². The van der Waals surface area contributed by atoms with Crippen molar-refractivity contribution in [1.29, 1.82) is 0 Å². The van der Waals surface area contributed by atoms with Crippen LogP contribution in [0.25, 0.3) is 0 Å². The first-order valence-corrected chi connectivity index (χ1v) is 36.5. The van der Waals surface area contributed by atoms with Crippen LogP contribution in [0.15, 0.2) is 0 Å². The monoisotopic (exact) mass is 1230 g/mol. The van der Waals surface area contributed by atoms with Crippen molar-refractivity contribution in [2.24, 2.45) is 11.8 Å². The summed E-state index contributed by atoms with van der Waals surface area (Å²) in [6.07, 6.45) is 39.2. The van der Waals surface area contributed by atoms with Crippen LogP contribution in [0.5, 0.6) is 0 Å². The third-order valence-corrected chi connectivity index (χ3v) is 16.6. The van der Waals surface area contributed by atoms with Gasteiger partial charge < -0.3 is 33.8 Å². The van der Waals surface area contributed by atoms with Crippen molar-refractivity contribution in [3.63, 3.8) is 0 Å². The number of esters is 4. The molecule has 0 radical (unpaired) electrons. The van der Waals surface area contributed by atoms with E-state index < -0.39 is 97.5 Å². The molecule has 0 amide bonds. The second-order valence-corrected chi connectivity index (χ2v) is 27.0. The van der Waals surface area contributed by atoms with Crippen molar-refractivity contribution in [2.75, 3.05) is 39.6 Å². The molecule has 2 unspecified atom stereocenters. The van der Waals surface area contributed by atoms with Crippen molar-refractivity contribution in [3.8, 4) is 0 Å². The van der Waals surface area contributed by atoms with Gasteiger partial charge in [0.25, 0.3) is 0 Å². The van der Waals surface area contributed by atoms with Crippen molar-refractivity contribution in [3.05, 3.63) is 0 Å². The molecule has 0 bridgehead atoms. The normalized spacial score (nSPS) is 14.3. The quantitative estimate of drug-likeness (QED) is 0.0222. The lowest BCUT2D eigenvalue weighted by Gasteiger charge is -2.21. The molecule has 0 aliphatic heterocycles. The van der Waals surface area contributed by atoms with E-state index in [0.717, 1.165) is 109 Å². The van der Waals surface area contributed by atoms with Crippen molar-refractivity contribution >= 4 is 39.5 Å². The maximum atomic E-state index is 13.0. The number of hydrogen-bond acceptors (Lipinski definition) is 15. The third-order valence-electron chi connectivity index (χ3n) is 14.7. The number of ether oxygens (including phenoxy) is 4. The number of carbonyl (C=O) groups is 4. The molecule has 0 aliphatic carbocycles. The second-order valence-electron chi connectivity index (χ2n) is 24.1. The van der Waals surface area contributed by atoms with E-state index >= 15 is 0 Å². The highest BCUT2D eigenvalue weighted by molar-refractivity contribution is 7.47. The number of carbonyl (C=O) groups excluding carboxylic acids is 4. The molecule has 17 nitrogen and oxygen atoms in total. The van der Waals surface area contributed by atoms with Crippen LogP contribution in [0.1, 0.15) is 318 Å². The lowest BCUT2D eigenvalue weighted by atomic mass is 10.0. The van der Waals surface area contributed by atoms with E-state index in [1.807, 2.05) is 0 Å². The topological polar surface area (TPSA) is 237 Å². The molecule has 0 aromatic carbocycles. The number of phosphoric ester groups is 2. The predicted molar refractivity (Wildman–Crippen MR) is 331 cm³/mol. The Morgan fingerprint density at radius 2 is 0.554 bits per heavy atom. The molecule has 0 spiro atoms. The predicted octanol–water partition coefficient (Wildman–Crippen LogP) is 17.7. The highest BCUT2D eigenvalue weighted by atomic mass is 31.2. The van der Waals surface area contributed by atoms with Gasteiger partial charge in [0, 0.05) is 25.7 Å². The van der Waals surface area contributed by atoms with Gasteiger partial charge >= 0.3 is 39.5 Å². The zero-order valence-corrected chi connectivity index (χ0v) is 55.3. The van der Waals surface area contributed by atoms with Crippen LogP contribution in [0.4, 0.5) is 0 Å². The fourth-order valence-corrected chi connectivity index (χ4v) is 11.1. The minimum atomic E-state index is -4.94. The van der Waals surface area contributed by atoms with E-state index in [4.69, 9.17) is 37.0 Å². The standard InChI is InChI=1S/C64H124O17P2/c1-7-9-11-13-15-16-20-24-28-35-41-47-62(67)75-53-59(80-63(68)48-42-36-29-25-22-19-17-18-21-23-27-32-38-44-56(3)4)54-78-82(70,71)76-50-58(65)51-77-83(72,73)79-55-60(52-74-61(66)46-40-34-26-14-12-10-8-2)81-64(69)49-43-37-31-30-33-39-45-57(5)6/h56-60,65H,7-55H2,1-6H3,(H,70,71)(H,72,73)/t58-,59-,60-/m1/s1. The number of rotatable bonds is 63. The summed E-state index contributed by atoms with van der Waals surface area (Å²) in [7, 11) is -9.88. The Hall–Kier alpha value is -1.94. The first-order chi connectivity index (χ1) is 39.9. The Morgan fingerprint density at radius 3 is 0.819 bits per heavy atom. The molecule has 0 aromatic heterocycles. The molecule has 0 aliphatic rings. The third kappa shape index (κ3) is 58.8. The summed E-state index contributed by atoms with van der Waals surface area (Å²) in [5.74, 6) is -0.685. The molecule has 0 heterocycles. The molecule has 0 aromatic rings. The number of unbranched alkanes of at least 4 members (excludes halogenated alkanes) is 33. The summed E-state index contributed by atoms with van der Waals surface area (Å²) in [5.41, 5.74) is 0. The van der Waals surface area contributed by atoms with E-state index in [-0.39, 0.29) is 25.7 Å². The summed E-state index contributed by atoms with van der Waals surface area (Å²) >= 11 is 0. The summed E-state index contributed by atoms with van der Waals surface area (Å²) in [6.45, 7) is 9.38. The fraction of sp³-hybridized carbons (Fsp3) is 0.938. The van der Waals surface area contributed by atoms with E-state index in [1.54, 1.807) is 0 Å². The molecular formula is C64H124O17P2. The Balaban J connectivity index is 5.19. The highest BCUT2D eigenvalue weighted by Gasteiger charge is 2.30. The maximum absolute atomic E-state index is 13.0. The SMILES string of the molecule is CCCCCCCCCCCCCC(=O)OC[C@H](COP(=O)(O)OC[C@@H](O)COP(=O)(O)OC[C@@H](COC(=O)CCCCCCCCC)OC(=O)CCCCCCCCC(C)C)OC(=O)CCCCCCCCCCCCCCCC(C)C. The number of phosphoric acid groups is 2. The van der Waals surface area contributed by atoms with Crippen molar-refractivity contribution < 1.29 is 80.2 Å². The van der Waals surface area contributed by atoms with Gasteiger partial charge in [0.2, 0.25) is 0 Å². The number of aliphatic hydroxyl groups is 1. The van der Waals surface area contributed by atoms with Gasteiger partial charge in [0.05, 0.1) is 26.4 Å². The number of aliphatic hydroxyl groups excluding tert-OH is 1. The number of hydrogen-bond donors (Lipinski definition) is 3. The van der Waals surface area contributed by atoms with Crippen LogP contribution in [0.2, 0.25) is 0 Å². The van der Waals surface area contributed by atoms with Crippen LogP contribution in [-0.4, -0.2) is 96.7 Å². The lowest BCUT2D eigenvalue weighted by molar-refractivity contribution is -0.161. The van der Waals surface area contributed by atoms with E-state index in [2.05, 4.69) is 41.5 Å². The van der Waals surface area contributed by atoms with Gasteiger partial charge in [-0.2, -0.15) is 0 Å². The molecule has 0 fully saturated rings. The van der Waals surface area contributed by atoms with Crippen LogP contribution < -0.4 is 0 Å². The Labute approximate surface area is 505 Å². The molecule has 0 rings (SSSR count). The van der Waals surface area contributed by atoms with Gasteiger partial charge in [-0.25, -0.2) is 9.13 Å². The second kappa shape index (κ2) is 56.6. The van der Waals surface area contributed by atoms with Gasteiger partial charge in [-0.15, -0.1) is 0 Å². The first-order valence-electron chi connectivity index (χ1n) is 33.5. The molecular weight excluding hydrogens is 1100 g/mol. The molecule has 492 valence electrons. The molecule has 0 saturated carbocycles. The van der Waals surface area contributed by atoms with Crippen LogP contribution in [-0.2, 0) is 65.4 Å². The van der Waals surface area contributed by atoms with E-state index in [0.29, 0.717) is 31.6 Å². The average molecular weight is 1230 g/mol. The van der Waals surface area contributed by atoms with Crippen LogP contribution >= 0.6 is 15.6 Å². The first kappa shape index (κ1) is 81.1. The average Bonchev–Trinajstić information content (AvgIpc) is 3.45. The minimum Gasteiger partial charge on any atom is -0.462 e. The van der Waals surface area contributed by atoms with E-state index in [9.17, 15) is 43.2 Å². The van der Waals surface area contributed by atoms with Crippen LogP contribution in [0.3, 0.4) is 0 Å². The van der Waals surface area contributed by atoms with Gasteiger partial charge in [0.1, 0.15) is 19.3 Å². The summed E-state index contributed by atoms with van der Waals surface area (Å²) in [6, 6.07) is 0. The van der Waals surface area contributed by atoms with Gasteiger partial charge in [-0.1, -0.05) is 266 Å². The summed E-state index contributed by atoms with van der Waals surface area (Å²) in [4.78, 5) is 72.1. The largest absolute Gasteiger partial charge is 0.472 e. The zero-order valence-electron chi connectivity index (χ0n) is 53.5. The molecule has 83 heavy (non-hydrogen) atoms. The smallest absolute Gasteiger partial charge is 0.462 e. The van der Waals surface area contributed by atoms with Gasteiger partial charge in [-0.05, 0) is 37.5 Å². The Morgan fingerprint density at radius 1 is 0.325 bits per heavy atom. The van der Waals surface area contributed by atoms with Crippen molar-refractivity contribution in [2.45, 2.75) is 336 Å². The Bertz CT molecular complexity index is 1630. The molecule has 5 atom stereocenters. The van der Waals surface area contributed by atoms with Crippen molar-refractivity contribution in [1.82, 2.24) is 0 Å². The summed E-state index contributed by atoms with van der Waals surface area (Å²) in [5, 5.41) is 10.5. The molecule has 3 N–H and O–H groups in total. The van der Waals surface area contributed by atoms with Gasteiger partial charge in [0.15, 0.2) is 12.2 Å². The molecule has 19 heteroatoms. The molecule has 0 saturated heterocycles.